The van der Waals surface area contributed by atoms with Crippen molar-refractivity contribution < 1.29 is 4.74 Å². The minimum absolute atomic E-state index is 0.265. The van der Waals surface area contributed by atoms with Gasteiger partial charge in [0.05, 0.1) is 0 Å². The van der Waals surface area contributed by atoms with E-state index in [9.17, 15) is 0 Å². The van der Waals surface area contributed by atoms with Gasteiger partial charge in [-0.3, -0.25) is 0 Å². The van der Waals surface area contributed by atoms with E-state index in [2.05, 4.69) is 18.4 Å². The minimum Gasteiger partial charge on any atom is -0.349 e. The van der Waals surface area contributed by atoms with Crippen molar-refractivity contribution in [3.8, 4) is 24.7 Å². The summed E-state index contributed by atoms with van der Waals surface area (Å²) in [6, 6.07) is 0. The molecule has 0 spiro atoms. The molecule has 1 aliphatic rings. The molecule has 0 amide bonds. The van der Waals surface area contributed by atoms with Crippen molar-refractivity contribution in [3.63, 3.8) is 0 Å². The van der Waals surface area contributed by atoms with E-state index in [4.69, 9.17) is 17.6 Å². The highest BCUT2D eigenvalue weighted by Gasteiger charge is 2.42. The third-order valence-corrected chi connectivity index (χ3v) is 2.86. The van der Waals surface area contributed by atoms with E-state index in [0.29, 0.717) is 0 Å². The second kappa shape index (κ2) is 4.36. The maximum absolute atomic E-state index is 5.63. The maximum atomic E-state index is 5.63. The first-order chi connectivity index (χ1) is 6.66. The van der Waals surface area contributed by atoms with Crippen LogP contribution in [-0.4, -0.2) is 12.2 Å². The SMILES string of the molecule is C#CCO[C@]1(C#C)CCC[C@@H]1C(=C)C. The third kappa shape index (κ3) is 1.84. The largest absolute Gasteiger partial charge is 0.349 e. The number of rotatable bonds is 3. The van der Waals surface area contributed by atoms with Gasteiger partial charge in [-0.1, -0.05) is 24.0 Å². The Morgan fingerprint density at radius 3 is 2.86 bits per heavy atom. The smallest absolute Gasteiger partial charge is 0.136 e. The molecular weight excluding hydrogens is 172 g/mol. The molecule has 0 heterocycles. The molecule has 1 heteroatoms. The Bertz CT molecular complexity index is 302. The van der Waals surface area contributed by atoms with Crippen LogP contribution in [0.4, 0.5) is 0 Å². The van der Waals surface area contributed by atoms with Crippen LogP contribution in [-0.2, 0) is 4.74 Å². The lowest BCUT2D eigenvalue weighted by Crippen LogP contribution is -2.35. The Labute approximate surface area is 86.5 Å². The van der Waals surface area contributed by atoms with E-state index in [1.807, 2.05) is 6.92 Å². The molecule has 2 atom stereocenters. The molecule has 0 bridgehead atoms. The molecule has 0 aliphatic heterocycles. The van der Waals surface area contributed by atoms with Gasteiger partial charge in [0.2, 0.25) is 0 Å². The fraction of sp³-hybridized carbons (Fsp3) is 0.538. The van der Waals surface area contributed by atoms with Gasteiger partial charge in [-0.25, -0.2) is 0 Å². The van der Waals surface area contributed by atoms with Crippen LogP contribution in [0.25, 0.3) is 0 Å². The van der Waals surface area contributed by atoms with Crippen molar-refractivity contribution in [2.24, 2.45) is 5.92 Å². The van der Waals surface area contributed by atoms with Gasteiger partial charge in [0.15, 0.2) is 0 Å². The number of hydrogen-bond donors (Lipinski definition) is 0. The van der Waals surface area contributed by atoms with E-state index >= 15 is 0 Å². The maximum Gasteiger partial charge on any atom is 0.136 e. The van der Waals surface area contributed by atoms with Crippen LogP contribution in [0.3, 0.4) is 0 Å². The summed E-state index contributed by atoms with van der Waals surface area (Å²) in [5.74, 6) is 5.50. The Morgan fingerprint density at radius 1 is 1.64 bits per heavy atom. The van der Waals surface area contributed by atoms with Crippen LogP contribution in [0.5, 0.6) is 0 Å². The van der Waals surface area contributed by atoms with Gasteiger partial charge in [-0.15, -0.1) is 12.8 Å². The summed E-state index contributed by atoms with van der Waals surface area (Å²) < 4.78 is 5.63. The van der Waals surface area contributed by atoms with Crippen LogP contribution >= 0.6 is 0 Å². The molecule has 0 N–H and O–H groups in total. The van der Waals surface area contributed by atoms with Crippen LogP contribution in [0.1, 0.15) is 26.2 Å². The van der Waals surface area contributed by atoms with Crippen molar-refractivity contribution in [1.82, 2.24) is 0 Å². The van der Waals surface area contributed by atoms with E-state index in [1.165, 1.54) is 0 Å². The summed E-state index contributed by atoms with van der Waals surface area (Å²) in [5.41, 5.74) is 0.607. The molecule has 0 unspecified atom stereocenters. The molecule has 0 saturated heterocycles. The quantitative estimate of drug-likeness (QED) is 0.488. The van der Waals surface area contributed by atoms with E-state index in [0.717, 1.165) is 24.8 Å². The fourth-order valence-corrected chi connectivity index (χ4v) is 2.18. The molecule has 0 aromatic rings. The van der Waals surface area contributed by atoms with Gasteiger partial charge in [0.25, 0.3) is 0 Å². The summed E-state index contributed by atoms with van der Waals surface area (Å²) in [6.07, 6.45) is 13.8. The number of hydrogen-bond acceptors (Lipinski definition) is 1. The van der Waals surface area contributed by atoms with Gasteiger partial charge in [0.1, 0.15) is 12.2 Å². The lowest BCUT2D eigenvalue weighted by Gasteiger charge is -2.30. The van der Waals surface area contributed by atoms with Crippen molar-refractivity contribution in [1.29, 1.82) is 0 Å². The summed E-state index contributed by atoms with van der Waals surface area (Å²) >= 11 is 0. The average Bonchev–Trinajstić information content (AvgIpc) is 2.59. The van der Waals surface area contributed by atoms with Crippen molar-refractivity contribution in [3.05, 3.63) is 12.2 Å². The molecule has 0 aromatic carbocycles. The Morgan fingerprint density at radius 2 is 2.36 bits per heavy atom. The predicted molar refractivity (Wildman–Crippen MR) is 58.5 cm³/mol. The number of ether oxygens (including phenoxy) is 1. The summed E-state index contributed by atoms with van der Waals surface area (Å²) in [4.78, 5) is 0. The van der Waals surface area contributed by atoms with Crippen LogP contribution < -0.4 is 0 Å². The molecule has 1 fully saturated rings. The van der Waals surface area contributed by atoms with Gasteiger partial charge < -0.3 is 4.74 Å². The van der Waals surface area contributed by atoms with E-state index in [1.54, 1.807) is 0 Å². The molecule has 1 rings (SSSR count). The molecule has 1 aliphatic carbocycles. The summed E-state index contributed by atoms with van der Waals surface area (Å²) in [7, 11) is 0. The monoisotopic (exact) mass is 188 g/mol. The first kappa shape index (κ1) is 10.9. The molecule has 1 nitrogen and oxygen atoms in total. The highest BCUT2D eigenvalue weighted by Crippen LogP contribution is 2.41. The first-order valence-corrected chi connectivity index (χ1v) is 4.87. The van der Waals surface area contributed by atoms with Gasteiger partial charge in [0, 0.05) is 5.92 Å². The van der Waals surface area contributed by atoms with Crippen molar-refractivity contribution >= 4 is 0 Å². The average molecular weight is 188 g/mol. The molecule has 0 aromatic heterocycles. The zero-order chi connectivity index (χ0) is 10.6. The Kier molecular flexibility index (Phi) is 3.39. The normalized spacial score (nSPS) is 30.6. The van der Waals surface area contributed by atoms with E-state index in [-0.39, 0.29) is 12.5 Å². The Hall–Kier alpha value is -1.18. The zero-order valence-corrected chi connectivity index (χ0v) is 8.68. The standard InChI is InChI=1S/C13H16O/c1-5-10-14-13(6-2)9-7-8-12(13)11(3)4/h1-2,12H,3,7-10H2,4H3/t12-,13-/m1/s1. The minimum atomic E-state index is -0.488. The fourth-order valence-electron chi connectivity index (χ4n) is 2.18. The second-order valence-electron chi connectivity index (χ2n) is 3.82. The molecule has 14 heavy (non-hydrogen) atoms. The van der Waals surface area contributed by atoms with Gasteiger partial charge in [-0.2, -0.15) is 0 Å². The molecule has 0 radical (unpaired) electrons. The lowest BCUT2D eigenvalue weighted by molar-refractivity contribution is 0.000873. The topological polar surface area (TPSA) is 9.23 Å². The van der Waals surface area contributed by atoms with Crippen LogP contribution in [0.15, 0.2) is 12.2 Å². The molecule has 1 saturated carbocycles. The van der Waals surface area contributed by atoms with Crippen LogP contribution in [0, 0.1) is 30.6 Å². The lowest BCUT2D eigenvalue weighted by atomic mass is 9.86. The third-order valence-electron chi connectivity index (χ3n) is 2.86. The van der Waals surface area contributed by atoms with Gasteiger partial charge in [-0.05, 0) is 26.2 Å². The zero-order valence-electron chi connectivity index (χ0n) is 8.68. The highest BCUT2D eigenvalue weighted by molar-refractivity contribution is 5.22. The summed E-state index contributed by atoms with van der Waals surface area (Å²) in [5, 5.41) is 0. The second-order valence-corrected chi connectivity index (χ2v) is 3.82. The molecular formula is C13H16O. The number of terminal acetylenes is 2. The molecule has 74 valence electrons. The van der Waals surface area contributed by atoms with Gasteiger partial charge >= 0.3 is 0 Å². The van der Waals surface area contributed by atoms with E-state index < -0.39 is 5.60 Å². The van der Waals surface area contributed by atoms with Crippen LogP contribution in [0.2, 0.25) is 0 Å². The Balaban J connectivity index is 2.83. The predicted octanol–water partition coefficient (Wildman–Crippen LogP) is 2.38. The van der Waals surface area contributed by atoms with Crippen molar-refractivity contribution in [2.75, 3.05) is 6.61 Å². The van der Waals surface area contributed by atoms with Crippen molar-refractivity contribution in [2.45, 2.75) is 31.8 Å². The first-order valence-electron chi connectivity index (χ1n) is 4.87. The summed E-state index contributed by atoms with van der Waals surface area (Å²) in [6.45, 7) is 6.25. The highest BCUT2D eigenvalue weighted by atomic mass is 16.5.